The van der Waals surface area contributed by atoms with Crippen molar-refractivity contribution in [1.29, 1.82) is 0 Å². The maximum Gasteiger partial charge on any atom is 0.341 e. The van der Waals surface area contributed by atoms with Crippen molar-refractivity contribution in [3.63, 3.8) is 0 Å². The Balaban J connectivity index is 2.06. The molecule has 1 aromatic rings. The average Bonchev–Trinajstić information content (AvgIpc) is 2.27. The Kier molecular flexibility index (Phi) is 4.08. The van der Waals surface area contributed by atoms with Gasteiger partial charge in [0, 0.05) is 11.7 Å². The minimum absolute atomic E-state index is 0.311. The summed E-state index contributed by atoms with van der Waals surface area (Å²) in [5, 5.41) is 3.27. The molecule has 1 aliphatic rings. The fourth-order valence-corrected chi connectivity index (χ4v) is 2.89. The zero-order valence-electron chi connectivity index (χ0n) is 10.6. The van der Waals surface area contributed by atoms with E-state index < -0.39 is 15.6 Å². The van der Waals surface area contributed by atoms with Gasteiger partial charge in [0.05, 0.1) is 4.90 Å². The maximum atomic E-state index is 12.4. The highest BCUT2D eigenvalue weighted by atomic mass is 32.2. The predicted octanol–water partition coefficient (Wildman–Crippen LogP) is 3.28. The molecule has 1 unspecified atom stereocenters. The third-order valence-electron chi connectivity index (χ3n) is 3.67. The summed E-state index contributed by atoms with van der Waals surface area (Å²) in [4.78, 5) is -0.343. The molecular weight excluding hydrogens is 272 g/mol. The lowest BCUT2D eigenvalue weighted by Crippen LogP contribution is -2.30. The molecule has 0 radical (unpaired) electrons. The first-order valence-electron chi connectivity index (χ1n) is 6.30. The van der Waals surface area contributed by atoms with Crippen LogP contribution >= 0.6 is 0 Å². The third-order valence-corrected chi connectivity index (χ3v) is 5.07. The number of benzene rings is 1. The van der Waals surface area contributed by atoms with E-state index in [-0.39, 0.29) is 4.90 Å². The standard InChI is InChI=1S/C13H17F2NO2S/c1-9(10-3-2-4-10)16-11-5-7-12(8-6-11)19(17,18)13(14)15/h5-10,13,16H,2-4H2,1H3. The molecule has 1 N–H and O–H groups in total. The summed E-state index contributed by atoms with van der Waals surface area (Å²) in [6.07, 6.45) is 3.65. The molecule has 1 saturated carbocycles. The van der Waals surface area contributed by atoms with Gasteiger partial charge in [-0.3, -0.25) is 0 Å². The molecule has 2 rings (SSSR count). The van der Waals surface area contributed by atoms with Crippen LogP contribution in [0.25, 0.3) is 0 Å². The monoisotopic (exact) mass is 289 g/mol. The molecule has 0 amide bonds. The van der Waals surface area contributed by atoms with Crippen LogP contribution in [0.15, 0.2) is 29.2 Å². The molecule has 0 saturated heterocycles. The molecular formula is C13H17F2NO2S. The first-order chi connectivity index (χ1) is 8.91. The molecule has 3 nitrogen and oxygen atoms in total. The van der Waals surface area contributed by atoms with E-state index in [4.69, 9.17) is 0 Å². The van der Waals surface area contributed by atoms with Crippen LogP contribution in [0.4, 0.5) is 14.5 Å². The Bertz CT molecular complexity index is 524. The Labute approximate surface area is 111 Å². The molecule has 0 bridgehead atoms. The van der Waals surface area contributed by atoms with Crippen molar-refractivity contribution in [3.8, 4) is 0 Å². The molecule has 0 heterocycles. The van der Waals surface area contributed by atoms with Gasteiger partial charge in [0.1, 0.15) is 0 Å². The summed E-state index contributed by atoms with van der Waals surface area (Å²) in [5.74, 6) is -2.73. The van der Waals surface area contributed by atoms with Gasteiger partial charge in [-0.25, -0.2) is 8.42 Å². The summed E-state index contributed by atoms with van der Waals surface area (Å²) in [6, 6.07) is 5.81. The van der Waals surface area contributed by atoms with E-state index in [1.54, 1.807) is 0 Å². The van der Waals surface area contributed by atoms with E-state index >= 15 is 0 Å². The van der Waals surface area contributed by atoms with E-state index in [2.05, 4.69) is 12.2 Å². The molecule has 1 atom stereocenters. The van der Waals surface area contributed by atoms with Gasteiger partial charge in [0.2, 0.25) is 9.84 Å². The number of hydrogen-bond donors (Lipinski definition) is 1. The van der Waals surface area contributed by atoms with Gasteiger partial charge < -0.3 is 5.32 Å². The lowest BCUT2D eigenvalue weighted by molar-refractivity contribution is 0.234. The minimum Gasteiger partial charge on any atom is -0.382 e. The molecule has 0 aliphatic heterocycles. The highest BCUT2D eigenvalue weighted by Crippen LogP contribution is 2.31. The van der Waals surface area contributed by atoms with E-state index in [1.807, 2.05) is 0 Å². The molecule has 1 aromatic carbocycles. The van der Waals surface area contributed by atoms with Gasteiger partial charge >= 0.3 is 5.76 Å². The summed E-state index contributed by atoms with van der Waals surface area (Å²) >= 11 is 0. The van der Waals surface area contributed by atoms with Gasteiger partial charge in [0.25, 0.3) is 0 Å². The maximum absolute atomic E-state index is 12.4. The fraction of sp³-hybridized carbons (Fsp3) is 0.538. The van der Waals surface area contributed by atoms with E-state index in [0.717, 1.165) is 5.69 Å². The average molecular weight is 289 g/mol. The molecule has 0 spiro atoms. The normalized spacial score (nSPS) is 18.1. The Morgan fingerprint density at radius 3 is 2.21 bits per heavy atom. The van der Waals surface area contributed by atoms with Crippen LogP contribution in [-0.2, 0) is 9.84 Å². The SMILES string of the molecule is CC(Nc1ccc(S(=O)(=O)C(F)F)cc1)C1CCC1. The minimum atomic E-state index is -4.49. The van der Waals surface area contributed by atoms with Crippen LogP contribution in [0.2, 0.25) is 0 Å². The summed E-state index contributed by atoms with van der Waals surface area (Å²) in [7, 11) is -4.49. The van der Waals surface area contributed by atoms with Crippen molar-refractivity contribution in [2.24, 2.45) is 5.92 Å². The van der Waals surface area contributed by atoms with Crippen LogP contribution in [-0.4, -0.2) is 20.2 Å². The number of hydrogen-bond acceptors (Lipinski definition) is 3. The van der Waals surface area contributed by atoms with E-state index in [0.29, 0.717) is 12.0 Å². The second-order valence-electron chi connectivity index (χ2n) is 4.95. The number of anilines is 1. The van der Waals surface area contributed by atoms with E-state index in [9.17, 15) is 17.2 Å². The van der Waals surface area contributed by atoms with Crippen molar-refractivity contribution in [2.45, 2.75) is 42.9 Å². The fourth-order valence-electron chi connectivity index (χ4n) is 2.16. The summed E-state index contributed by atoms with van der Waals surface area (Å²) in [6.45, 7) is 2.08. The lowest BCUT2D eigenvalue weighted by atomic mass is 9.80. The van der Waals surface area contributed by atoms with Gasteiger partial charge in [-0.05, 0) is 49.9 Å². The lowest BCUT2D eigenvalue weighted by Gasteiger charge is -2.32. The first kappa shape index (κ1) is 14.2. The number of nitrogens with one attached hydrogen (secondary N) is 1. The van der Waals surface area contributed by atoms with Gasteiger partial charge in [-0.2, -0.15) is 8.78 Å². The van der Waals surface area contributed by atoms with Gasteiger partial charge in [-0.1, -0.05) is 6.42 Å². The van der Waals surface area contributed by atoms with Gasteiger partial charge in [0.15, 0.2) is 0 Å². The van der Waals surface area contributed by atoms with Crippen molar-refractivity contribution in [3.05, 3.63) is 24.3 Å². The molecule has 106 valence electrons. The quantitative estimate of drug-likeness (QED) is 0.904. The van der Waals surface area contributed by atoms with Crippen LogP contribution in [0, 0.1) is 5.92 Å². The molecule has 0 aromatic heterocycles. The molecule has 19 heavy (non-hydrogen) atoms. The molecule has 1 fully saturated rings. The van der Waals surface area contributed by atoms with Gasteiger partial charge in [-0.15, -0.1) is 0 Å². The van der Waals surface area contributed by atoms with Crippen LogP contribution in [0.5, 0.6) is 0 Å². The second-order valence-corrected chi connectivity index (χ2v) is 6.87. The topological polar surface area (TPSA) is 46.2 Å². The third kappa shape index (κ3) is 3.05. The first-order valence-corrected chi connectivity index (χ1v) is 7.84. The van der Waals surface area contributed by atoms with E-state index in [1.165, 1.54) is 43.5 Å². The predicted molar refractivity (Wildman–Crippen MR) is 70.1 cm³/mol. The smallest absolute Gasteiger partial charge is 0.341 e. The van der Waals surface area contributed by atoms with Crippen molar-refractivity contribution < 1.29 is 17.2 Å². The highest BCUT2D eigenvalue weighted by Gasteiger charge is 2.27. The number of halogens is 2. The number of alkyl halides is 2. The van der Waals surface area contributed by atoms with Crippen LogP contribution < -0.4 is 5.32 Å². The second kappa shape index (κ2) is 5.45. The van der Waals surface area contributed by atoms with Crippen LogP contribution in [0.3, 0.4) is 0 Å². The molecule has 6 heteroatoms. The number of rotatable bonds is 5. The van der Waals surface area contributed by atoms with Crippen molar-refractivity contribution in [1.82, 2.24) is 0 Å². The zero-order chi connectivity index (χ0) is 14.0. The zero-order valence-corrected chi connectivity index (χ0v) is 11.5. The number of sulfone groups is 1. The van der Waals surface area contributed by atoms with Crippen LogP contribution in [0.1, 0.15) is 26.2 Å². The summed E-state index contributed by atoms with van der Waals surface area (Å²) in [5.41, 5.74) is 0.757. The Hall–Kier alpha value is -1.17. The largest absolute Gasteiger partial charge is 0.382 e. The van der Waals surface area contributed by atoms with Crippen molar-refractivity contribution in [2.75, 3.05) is 5.32 Å². The summed E-state index contributed by atoms with van der Waals surface area (Å²) < 4.78 is 47.2. The van der Waals surface area contributed by atoms with Crippen molar-refractivity contribution >= 4 is 15.5 Å². The Morgan fingerprint density at radius 2 is 1.79 bits per heavy atom. The Morgan fingerprint density at radius 1 is 1.21 bits per heavy atom. The highest BCUT2D eigenvalue weighted by molar-refractivity contribution is 7.91. The molecule has 1 aliphatic carbocycles.